The minimum absolute atomic E-state index is 0.0505. The molecule has 236 valence electrons. The van der Waals surface area contributed by atoms with E-state index in [9.17, 15) is 19.2 Å². The molecule has 45 heavy (non-hydrogen) atoms. The number of hydrogen-bond acceptors (Lipinski definition) is 6. The minimum Gasteiger partial charge on any atom is -0.342 e. The average molecular weight is 611 g/mol. The Kier molecular flexibility index (Phi) is 9.93. The number of benzene rings is 2. The number of fused-ring (bicyclic) bond motifs is 1. The molecule has 4 amide bonds. The molecular formula is C35H42N6O4. The van der Waals surface area contributed by atoms with Crippen molar-refractivity contribution in [1.82, 2.24) is 20.1 Å². The maximum Gasteiger partial charge on any atom is 0.244 e. The second-order valence-electron chi connectivity index (χ2n) is 12.4. The van der Waals surface area contributed by atoms with E-state index in [1.807, 2.05) is 62.5 Å². The van der Waals surface area contributed by atoms with Crippen LogP contribution in [0.1, 0.15) is 48.9 Å². The van der Waals surface area contributed by atoms with Crippen molar-refractivity contribution in [2.45, 2.75) is 52.6 Å². The average Bonchev–Trinajstić information content (AvgIpc) is 3.46. The number of amides is 4. The molecule has 5 rings (SSSR count). The van der Waals surface area contributed by atoms with E-state index in [-0.39, 0.29) is 42.6 Å². The second-order valence-corrected chi connectivity index (χ2v) is 12.4. The quantitative estimate of drug-likeness (QED) is 0.321. The minimum atomic E-state index is -0.791. The summed E-state index contributed by atoms with van der Waals surface area (Å²) in [5.74, 6) is -0.272. The molecule has 2 atom stereocenters. The molecule has 1 fully saturated rings. The maximum atomic E-state index is 14.2. The number of nitrogens with one attached hydrogen (secondary N) is 3. The van der Waals surface area contributed by atoms with Crippen LogP contribution in [0.25, 0.3) is 0 Å². The second kappa shape index (κ2) is 14.0. The Morgan fingerprint density at radius 1 is 0.978 bits per heavy atom. The Bertz CT molecular complexity index is 1560. The third kappa shape index (κ3) is 7.75. The van der Waals surface area contributed by atoms with Gasteiger partial charge >= 0.3 is 0 Å². The van der Waals surface area contributed by atoms with Gasteiger partial charge in [0.25, 0.3) is 0 Å². The lowest BCUT2D eigenvalue weighted by Gasteiger charge is -2.41. The molecule has 1 unspecified atom stereocenters. The van der Waals surface area contributed by atoms with Gasteiger partial charge in [-0.1, -0.05) is 36.4 Å². The van der Waals surface area contributed by atoms with E-state index < -0.39 is 5.41 Å². The SMILES string of the molecule is CNCc1ccccc1CN(CC(=O)Nc1ccc2c(c1)C[C@H](C(=O)Nc1ccccn1)C2)C(=O)C1(C)CCCN(C(C)=O)C1. The molecule has 10 nitrogen and oxygen atoms in total. The molecule has 2 aromatic carbocycles. The Morgan fingerprint density at radius 3 is 2.47 bits per heavy atom. The number of hydrogen-bond donors (Lipinski definition) is 3. The van der Waals surface area contributed by atoms with Crippen molar-refractivity contribution in [3.05, 3.63) is 89.1 Å². The number of anilines is 2. The summed E-state index contributed by atoms with van der Waals surface area (Å²) in [6.45, 7) is 5.17. The van der Waals surface area contributed by atoms with Crippen LogP contribution < -0.4 is 16.0 Å². The Balaban J connectivity index is 1.29. The lowest BCUT2D eigenvalue weighted by molar-refractivity contribution is -0.149. The van der Waals surface area contributed by atoms with Crippen LogP contribution in [0.4, 0.5) is 11.5 Å². The molecular weight excluding hydrogens is 568 g/mol. The van der Waals surface area contributed by atoms with Gasteiger partial charge in [0, 0.05) is 50.9 Å². The molecule has 0 saturated carbocycles. The Labute approximate surface area is 264 Å². The summed E-state index contributed by atoms with van der Waals surface area (Å²) in [6.07, 6.45) is 4.20. The number of likely N-dealkylation sites (tertiary alicyclic amines) is 1. The highest BCUT2D eigenvalue weighted by molar-refractivity contribution is 5.96. The van der Waals surface area contributed by atoms with Crippen LogP contribution in [0.15, 0.2) is 66.9 Å². The summed E-state index contributed by atoms with van der Waals surface area (Å²) in [6, 6.07) is 19.0. The van der Waals surface area contributed by atoms with Crippen molar-refractivity contribution >= 4 is 35.1 Å². The molecule has 1 aromatic heterocycles. The van der Waals surface area contributed by atoms with Gasteiger partial charge in [-0.2, -0.15) is 0 Å². The monoisotopic (exact) mass is 610 g/mol. The smallest absolute Gasteiger partial charge is 0.244 e. The summed E-state index contributed by atoms with van der Waals surface area (Å²) in [7, 11) is 1.87. The third-order valence-electron chi connectivity index (χ3n) is 8.84. The molecule has 3 aromatic rings. The summed E-state index contributed by atoms with van der Waals surface area (Å²) < 4.78 is 0. The summed E-state index contributed by atoms with van der Waals surface area (Å²) >= 11 is 0. The number of aromatic nitrogens is 1. The van der Waals surface area contributed by atoms with Gasteiger partial charge in [-0.15, -0.1) is 0 Å². The normalized spacial score (nSPS) is 19.0. The lowest BCUT2D eigenvalue weighted by atomic mass is 9.80. The highest BCUT2D eigenvalue weighted by Crippen LogP contribution is 2.33. The molecule has 1 aliphatic heterocycles. The van der Waals surface area contributed by atoms with Crippen molar-refractivity contribution in [2.75, 3.05) is 37.3 Å². The predicted octanol–water partition coefficient (Wildman–Crippen LogP) is 3.77. The molecule has 0 radical (unpaired) electrons. The number of rotatable bonds is 10. The van der Waals surface area contributed by atoms with Crippen LogP contribution in [0.5, 0.6) is 0 Å². The van der Waals surface area contributed by atoms with E-state index in [2.05, 4.69) is 20.9 Å². The van der Waals surface area contributed by atoms with Crippen molar-refractivity contribution in [2.24, 2.45) is 11.3 Å². The van der Waals surface area contributed by atoms with E-state index in [4.69, 9.17) is 0 Å². The third-order valence-corrected chi connectivity index (χ3v) is 8.84. The van der Waals surface area contributed by atoms with Gasteiger partial charge in [0.15, 0.2) is 0 Å². The van der Waals surface area contributed by atoms with Gasteiger partial charge in [-0.3, -0.25) is 19.2 Å². The zero-order valence-electron chi connectivity index (χ0n) is 26.3. The fourth-order valence-corrected chi connectivity index (χ4v) is 6.46. The summed E-state index contributed by atoms with van der Waals surface area (Å²) in [5.41, 5.74) is 3.94. The first-order valence-corrected chi connectivity index (χ1v) is 15.5. The highest BCUT2D eigenvalue weighted by atomic mass is 16.2. The molecule has 2 aliphatic rings. The van der Waals surface area contributed by atoms with Crippen LogP contribution >= 0.6 is 0 Å². The van der Waals surface area contributed by atoms with E-state index in [0.29, 0.717) is 50.4 Å². The molecule has 3 N–H and O–H groups in total. The van der Waals surface area contributed by atoms with E-state index in [0.717, 1.165) is 28.7 Å². The van der Waals surface area contributed by atoms with E-state index in [1.165, 1.54) is 6.92 Å². The molecule has 10 heteroatoms. The van der Waals surface area contributed by atoms with E-state index in [1.54, 1.807) is 28.1 Å². The number of carbonyl (C=O) groups excluding carboxylic acids is 4. The molecule has 0 bridgehead atoms. The fraction of sp³-hybridized carbons (Fsp3) is 0.400. The first-order valence-electron chi connectivity index (χ1n) is 15.5. The predicted molar refractivity (Wildman–Crippen MR) is 173 cm³/mol. The van der Waals surface area contributed by atoms with Crippen LogP contribution in [0, 0.1) is 11.3 Å². The summed E-state index contributed by atoms with van der Waals surface area (Å²) in [5, 5.41) is 9.05. The van der Waals surface area contributed by atoms with Gasteiger partial charge in [0.1, 0.15) is 12.4 Å². The molecule has 2 heterocycles. The number of nitrogens with zero attached hydrogens (tertiary/aromatic N) is 3. The molecule has 1 saturated heterocycles. The Morgan fingerprint density at radius 2 is 1.73 bits per heavy atom. The molecule has 0 spiro atoms. The van der Waals surface area contributed by atoms with Crippen molar-refractivity contribution in [3.63, 3.8) is 0 Å². The van der Waals surface area contributed by atoms with Crippen molar-refractivity contribution < 1.29 is 19.2 Å². The first-order chi connectivity index (χ1) is 21.6. The van der Waals surface area contributed by atoms with Crippen molar-refractivity contribution in [3.8, 4) is 0 Å². The van der Waals surface area contributed by atoms with Gasteiger partial charge in [0.05, 0.1) is 5.41 Å². The van der Waals surface area contributed by atoms with Crippen molar-refractivity contribution in [1.29, 1.82) is 0 Å². The van der Waals surface area contributed by atoms with Gasteiger partial charge in [0.2, 0.25) is 23.6 Å². The largest absolute Gasteiger partial charge is 0.342 e. The summed E-state index contributed by atoms with van der Waals surface area (Å²) in [4.78, 5) is 60.3. The van der Waals surface area contributed by atoms with Gasteiger partial charge in [-0.25, -0.2) is 4.98 Å². The number of piperidine rings is 1. The topological polar surface area (TPSA) is 124 Å². The zero-order valence-corrected chi connectivity index (χ0v) is 26.3. The standard InChI is InChI=1S/C35H42N6O4/c1-24(42)40-16-8-14-35(2,23-40)34(45)41(21-27-10-5-4-9-26(27)20-36-3)22-32(43)38-30-13-12-25-17-29(18-28(25)19-30)33(44)39-31-11-6-7-15-37-31/h4-7,9-13,15,19,29,36H,8,14,16-18,20-23H2,1-3H3,(H,38,43)(H,37,39,44)/t29-,35?/m1/s1. The number of carbonyl (C=O) groups is 4. The first kappa shape index (κ1) is 31.8. The fourth-order valence-electron chi connectivity index (χ4n) is 6.46. The van der Waals surface area contributed by atoms with E-state index >= 15 is 0 Å². The van der Waals surface area contributed by atoms with Crippen LogP contribution in [0.2, 0.25) is 0 Å². The zero-order chi connectivity index (χ0) is 32.0. The van der Waals surface area contributed by atoms with Crippen LogP contribution in [0.3, 0.4) is 0 Å². The highest BCUT2D eigenvalue weighted by Gasteiger charge is 2.41. The lowest BCUT2D eigenvalue weighted by Crippen LogP contribution is -2.53. The Hall–Kier alpha value is -4.57. The van der Waals surface area contributed by atoms with Gasteiger partial charge < -0.3 is 25.8 Å². The molecule has 1 aliphatic carbocycles. The van der Waals surface area contributed by atoms with Gasteiger partial charge in [-0.05, 0) is 86.2 Å². The maximum absolute atomic E-state index is 14.2. The van der Waals surface area contributed by atoms with Crippen LogP contribution in [-0.4, -0.2) is 65.1 Å². The number of pyridine rings is 1. The van der Waals surface area contributed by atoms with Crippen LogP contribution in [-0.2, 0) is 45.1 Å².